The van der Waals surface area contributed by atoms with Crippen molar-refractivity contribution in [2.24, 2.45) is 5.92 Å². The summed E-state index contributed by atoms with van der Waals surface area (Å²) in [4.78, 5) is 22.3. The van der Waals surface area contributed by atoms with E-state index in [4.69, 9.17) is 9.47 Å². The number of methoxy groups -OCH3 is 1. The van der Waals surface area contributed by atoms with Crippen LogP contribution in [0.25, 0.3) is 11.0 Å². The van der Waals surface area contributed by atoms with Gasteiger partial charge in [-0.1, -0.05) is 6.92 Å². The summed E-state index contributed by atoms with van der Waals surface area (Å²) in [5.41, 5.74) is 1.85. The maximum atomic E-state index is 12.2. The Labute approximate surface area is 147 Å². The van der Waals surface area contributed by atoms with Crippen molar-refractivity contribution in [2.45, 2.75) is 13.3 Å². The fourth-order valence-corrected chi connectivity index (χ4v) is 3.02. The molecule has 0 bridgehead atoms. The highest BCUT2D eigenvalue weighted by atomic mass is 16.5. The van der Waals surface area contributed by atoms with Gasteiger partial charge in [-0.05, 0) is 12.1 Å². The Morgan fingerprint density at radius 3 is 3.00 bits per heavy atom. The van der Waals surface area contributed by atoms with Crippen LogP contribution in [-0.2, 0) is 16.0 Å². The first-order valence-electron chi connectivity index (χ1n) is 8.76. The van der Waals surface area contributed by atoms with E-state index in [0.717, 1.165) is 55.5 Å². The number of morpholine rings is 1. The molecule has 1 aliphatic rings. The zero-order valence-electron chi connectivity index (χ0n) is 14.9. The lowest BCUT2D eigenvalue weighted by atomic mass is 10.1. The number of aromatic amines is 1. The number of hydrogen-bond donors (Lipinski definition) is 2. The van der Waals surface area contributed by atoms with Crippen molar-refractivity contribution >= 4 is 16.9 Å². The number of carbonyl (C=O) groups is 1. The number of hydrogen-bond acceptors (Lipinski definition) is 5. The summed E-state index contributed by atoms with van der Waals surface area (Å²) >= 11 is 0. The van der Waals surface area contributed by atoms with Crippen molar-refractivity contribution in [1.29, 1.82) is 0 Å². The first kappa shape index (κ1) is 17.7. The molecule has 1 fully saturated rings. The molecular formula is C18H26N4O3. The van der Waals surface area contributed by atoms with E-state index in [0.29, 0.717) is 13.0 Å². The number of rotatable bonds is 7. The van der Waals surface area contributed by atoms with Crippen molar-refractivity contribution in [2.75, 3.05) is 46.5 Å². The highest BCUT2D eigenvalue weighted by Crippen LogP contribution is 2.18. The molecule has 0 radical (unpaired) electrons. The maximum Gasteiger partial charge on any atom is 0.224 e. The van der Waals surface area contributed by atoms with E-state index in [1.807, 2.05) is 25.1 Å². The Bertz CT molecular complexity index is 709. The van der Waals surface area contributed by atoms with Crippen LogP contribution in [0.15, 0.2) is 18.2 Å². The van der Waals surface area contributed by atoms with Crippen LogP contribution in [-0.4, -0.2) is 67.3 Å². The van der Waals surface area contributed by atoms with Crippen LogP contribution < -0.4 is 10.1 Å². The largest absolute Gasteiger partial charge is 0.497 e. The van der Waals surface area contributed by atoms with Gasteiger partial charge >= 0.3 is 0 Å². The Balaban J connectivity index is 1.46. The van der Waals surface area contributed by atoms with Crippen LogP contribution in [0.5, 0.6) is 5.75 Å². The first-order chi connectivity index (χ1) is 12.2. The minimum atomic E-state index is -0.0296. The quantitative estimate of drug-likeness (QED) is 0.787. The first-order valence-corrected chi connectivity index (χ1v) is 8.76. The lowest BCUT2D eigenvalue weighted by Gasteiger charge is -2.28. The zero-order valence-corrected chi connectivity index (χ0v) is 14.9. The number of carbonyl (C=O) groups excluding carboxylic acids is 1. The molecule has 1 atom stereocenters. The van der Waals surface area contributed by atoms with Gasteiger partial charge in [-0.3, -0.25) is 9.69 Å². The molecule has 1 aromatic carbocycles. The molecule has 3 rings (SSSR count). The van der Waals surface area contributed by atoms with Gasteiger partial charge in [0.15, 0.2) is 0 Å². The van der Waals surface area contributed by atoms with Crippen LogP contribution in [0.4, 0.5) is 0 Å². The molecule has 136 valence electrons. The average molecular weight is 346 g/mol. The molecule has 1 aromatic heterocycles. The second-order valence-corrected chi connectivity index (χ2v) is 6.42. The molecule has 1 aliphatic heterocycles. The normalized spacial score (nSPS) is 16.7. The Hall–Kier alpha value is -2.12. The number of aromatic nitrogens is 2. The van der Waals surface area contributed by atoms with E-state index in [2.05, 4.69) is 20.2 Å². The third-order valence-corrected chi connectivity index (χ3v) is 4.48. The van der Waals surface area contributed by atoms with E-state index in [1.165, 1.54) is 0 Å². The molecule has 1 saturated heterocycles. The molecule has 7 nitrogen and oxygen atoms in total. The van der Waals surface area contributed by atoms with Gasteiger partial charge in [0.25, 0.3) is 0 Å². The van der Waals surface area contributed by atoms with Crippen LogP contribution in [0.1, 0.15) is 12.7 Å². The van der Waals surface area contributed by atoms with E-state index >= 15 is 0 Å². The number of imidazole rings is 1. The third kappa shape index (κ3) is 4.70. The topological polar surface area (TPSA) is 79.5 Å². The third-order valence-electron chi connectivity index (χ3n) is 4.48. The van der Waals surface area contributed by atoms with Crippen LogP contribution in [0.3, 0.4) is 0 Å². The molecule has 2 aromatic rings. The molecule has 0 spiro atoms. The van der Waals surface area contributed by atoms with E-state index < -0.39 is 0 Å². The minimum Gasteiger partial charge on any atom is -0.497 e. The monoisotopic (exact) mass is 346 g/mol. The molecule has 7 heteroatoms. The summed E-state index contributed by atoms with van der Waals surface area (Å²) < 4.78 is 10.6. The SMILES string of the molecule is COc1ccc2nc(CCNC(=O)C(C)CN3CCOCC3)[nH]c2c1. The van der Waals surface area contributed by atoms with Crippen LogP contribution >= 0.6 is 0 Å². The predicted molar refractivity (Wildman–Crippen MR) is 95.8 cm³/mol. The van der Waals surface area contributed by atoms with Crippen LogP contribution in [0, 0.1) is 5.92 Å². The summed E-state index contributed by atoms with van der Waals surface area (Å²) in [6, 6.07) is 5.74. The number of ether oxygens (including phenoxy) is 2. The van der Waals surface area contributed by atoms with Crippen LogP contribution in [0.2, 0.25) is 0 Å². The van der Waals surface area contributed by atoms with Crippen molar-refractivity contribution in [3.05, 3.63) is 24.0 Å². The van der Waals surface area contributed by atoms with E-state index in [-0.39, 0.29) is 11.8 Å². The van der Waals surface area contributed by atoms with Gasteiger partial charge in [-0.15, -0.1) is 0 Å². The molecule has 1 unspecified atom stereocenters. The number of nitrogens with one attached hydrogen (secondary N) is 2. The zero-order chi connectivity index (χ0) is 17.6. The molecule has 0 saturated carbocycles. The summed E-state index contributed by atoms with van der Waals surface area (Å²) in [6.45, 7) is 6.64. The molecule has 2 N–H and O–H groups in total. The van der Waals surface area contributed by atoms with E-state index in [1.54, 1.807) is 7.11 Å². The smallest absolute Gasteiger partial charge is 0.224 e. The molecule has 1 amide bonds. The number of H-pyrrole nitrogens is 1. The summed E-state index contributed by atoms with van der Waals surface area (Å²) in [7, 11) is 1.64. The molecule has 25 heavy (non-hydrogen) atoms. The Kier molecular flexibility index (Phi) is 5.88. The number of fused-ring (bicyclic) bond motifs is 1. The van der Waals surface area contributed by atoms with Gasteiger partial charge in [0.2, 0.25) is 5.91 Å². The summed E-state index contributed by atoms with van der Waals surface area (Å²) in [5, 5.41) is 3.01. The Morgan fingerprint density at radius 1 is 1.44 bits per heavy atom. The molecule has 2 heterocycles. The van der Waals surface area contributed by atoms with E-state index in [9.17, 15) is 4.79 Å². The van der Waals surface area contributed by atoms with Crippen molar-refractivity contribution < 1.29 is 14.3 Å². The van der Waals surface area contributed by atoms with Gasteiger partial charge in [-0.25, -0.2) is 4.98 Å². The number of amides is 1. The van der Waals surface area contributed by atoms with Gasteiger partial charge in [0.05, 0.1) is 31.4 Å². The fraction of sp³-hybridized carbons (Fsp3) is 0.556. The second kappa shape index (κ2) is 8.31. The minimum absolute atomic E-state index is 0.0296. The van der Waals surface area contributed by atoms with Crippen molar-refractivity contribution in [3.63, 3.8) is 0 Å². The second-order valence-electron chi connectivity index (χ2n) is 6.42. The highest BCUT2D eigenvalue weighted by molar-refractivity contribution is 5.78. The van der Waals surface area contributed by atoms with Gasteiger partial charge in [-0.2, -0.15) is 0 Å². The molecular weight excluding hydrogens is 320 g/mol. The Morgan fingerprint density at radius 2 is 2.24 bits per heavy atom. The van der Waals surface area contributed by atoms with Crippen molar-refractivity contribution in [1.82, 2.24) is 20.2 Å². The summed E-state index contributed by atoms with van der Waals surface area (Å²) in [5.74, 6) is 1.72. The van der Waals surface area contributed by atoms with Gasteiger partial charge in [0, 0.05) is 44.6 Å². The fourth-order valence-electron chi connectivity index (χ4n) is 3.02. The average Bonchev–Trinajstić information content (AvgIpc) is 3.04. The molecule has 0 aliphatic carbocycles. The highest BCUT2D eigenvalue weighted by Gasteiger charge is 2.18. The predicted octanol–water partition coefficient (Wildman–Crippen LogP) is 1.20. The van der Waals surface area contributed by atoms with Gasteiger partial charge < -0.3 is 19.8 Å². The lowest BCUT2D eigenvalue weighted by Crippen LogP contribution is -2.43. The number of benzene rings is 1. The maximum absolute atomic E-state index is 12.2. The summed E-state index contributed by atoms with van der Waals surface area (Å²) in [6.07, 6.45) is 0.674. The lowest BCUT2D eigenvalue weighted by molar-refractivity contribution is -0.125. The standard InChI is InChI=1S/C18H26N4O3/c1-13(12-22-7-9-25-10-8-22)18(23)19-6-5-17-20-15-4-3-14(24-2)11-16(15)21-17/h3-4,11,13H,5-10,12H2,1-2H3,(H,19,23)(H,20,21). The van der Waals surface area contributed by atoms with Gasteiger partial charge in [0.1, 0.15) is 11.6 Å². The van der Waals surface area contributed by atoms with Crippen molar-refractivity contribution in [3.8, 4) is 5.75 Å². The number of nitrogens with zero attached hydrogens (tertiary/aromatic N) is 2.